The number of nitrogens with zero attached hydrogens (tertiary/aromatic N) is 2. The molecule has 118 valence electrons. The summed E-state index contributed by atoms with van der Waals surface area (Å²) < 4.78 is 27.2. The lowest BCUT2D eigenvalue weighted by Gasteiger charge is -2.44. The van der Waals surface area contributed by atoms with E-state index < -0.39 is 10.0 Å². The summed E-state index contributed by atoms with van der Waals surface area (Å²) >= 11 is 0. The van der Waals surface area contributed by atoms with Crippen LogP contribution >= 0.6 is 0 Å². The SMILES string of the molecule is CC(N)c1cccc(S(=O)(=O)N2CCN(C)C(C)(C)C2)c1. The number of sulfonamides is 1. The highest BCUT2D eigenvalue weighted by Crippen LogP contribution is 2.26. The molecule has 1 saturated heterocycles. The molecule has 1 unspecified atom stereocenters. The summed E-state index contributed by atoms with van der Waals surface area (Å²) in [6.45, 7) is 7.73. The molecular weight excluding hydrogens is 286 g/mol. The molecule has 0 spiro atoms. The Hall–Kier alpha value is -0.950. The Labute approximate surface area is 127 Å². The van der Waals surface area contributed by atoms with E-state index in [1.807, 2.05) is 20.0 Å². The number of benzene rings is 1. The van der Waals surface area contributed by atoms with Gasteiger partial charge in [0.25, 0.3) is 0 Å². The first-order valence-corrected chi connectivity index (χ1v) is 8.65. The molecule has 2 rings (SSSR count). The van der Waals surface area contributed by atoms with Crippen molar-refractivity contribution in [2.75, 3.05) is 26.7 Å². The van der Waals surface area contributed by atoms with Crippen LogP contribution in [-0.4, -0.2) is 49.8 Å². The number of hydrogen-bond donors (Lipinski definition) is 1. The highest BCUT2D eigenvalue weighted by Gasteiger charge is 2.37. The van der Waals surface area contributed by atoms with Gasteiger partial charge in [-0.2, -0.15) is 4.31 Å². The van der Waals surface area contributed by atoms with Crippen molar-refractivity contribution in [3.8, 4) is 0 Å². The number of rotatable bonds is 3. The summed E-state index contributed by atoms with van der Waals surface area (Å²) in [6.07, 6.45) is 0. The van der Waals surface area contributed by atoms with Gasteiger partial charge in [-0.15, -0.1) is 0 Å². The van der Waals surface area contributed by atoms with Crippen LogP contribution in [0.2, 0.25) is 0 Å². The average molecular weight is 311 g/mol. The maximum absolute atomic E-state index is 12.8. The molecule has 0 aromatic heterocycles. The Kier molecular flexibility index (Phi) is 4.44. The van der Waals surface area contributed by atoms with E-state index in [-0.39, 0.29) is 11.6 Å². The molecule has 0 amide bonds. The Morgan fingerprint density at radius 2 is 1.95 bits per heavy atom. The minimum Gasteiger partial charge on any atom is -0.324 e. The molecule has 0 radical (unpaired) electrons. The molecule has 1 heterocycles. The molecule has 6 heteroatoms. The maximum Gasteiger partial charge on any atom is 0.243 e. The number of likely N-dealkylation sites (N-methyl/N-ethyl adjacent to an activating group) is 1. The second-order valence-corrected chi connectivity index (χ2v) is 8.37. The average Bonchev–Trinajstić information content (AvgIpc) is 2.41. The topological polar surface area (TPSA) is 66.6 Å². The van der Waals surface area contributed by atoms with Crippen molar-refractivity contribution in [1.29, 1.82) is 0 Å². The van der Waals surface area contributed by atoms with Gasteiger partial charge >= 0.3 is 0 Å². The van der Waals surface area contributed by atoms with Crippen LogP contribution in [-0.2, 0) is 10.0 Å². The van der Waals surface area contributed by atoms with Gasteiger partial charge in [0.2, 0.25) is 10.0 Å². The van der Waals surface area contributed by atoms with Gasteiger partial charge in [0.15, 0.2) is 0 Å². The second-order valence-electron chi connectivity index (χ2n) is 6.43. The standard InChI is InChI=1S/C15H25N3O2S/c1-12(16)13-6-5-7-14(10-13)21(19,20)18-9-8-17(4)15(2,3)11-18/h5-7,10,12H,8-9,11,16H2,1-4H3. The predicted molar refractivity (Wildman–Crippen MR) is 84.5 cm³/mol. The van der Waals surface area contributed by atoms with Crippen LogP contribution in [0, 0.1) is 0 Å². The van der Waals surface area contributed by atoms with E-state index in [1.54, 1.807) is 22.5 Å². The summed E-state index contributed by atoms with van der Waals surface area (Å²) in [7, 11) is -1.43. The molecule has 1 aromatic carbocycles. The van der Waals surface area contributed by atoms with E-state index in [4.69, 9.17) is 5.73 Å². The highest BCUT2D eigenvalue weighted by molar-refractivity contribution is 7.89. The largest absolute Gasteiger partial charge is 0.324 e. The summed E-state index contributed by atoms with van der Waals surface area (Å²) in [5, 5.41) is 0. The first kappa shape index (κ1) is 16.4. The van der Waals surface area contributed by atoms with E-state index >= 15 is 0 Å². The summed E-state index contributed by atoms with van der Waals surface area (Å²) in [6, 6.07) is 6.77. The van der Waals surface area contributed by atoms with E-state index in [9.17, 15) is 8.42 Å². The van der Waals surface area contributed by atoms with Gasteiger partial charge in [-0.3, -0.25) is 4.90 Å². The molecule has 0 saturated carbocycles. The first-order valence-electron chi connectivity index (χ1n) is 7.21. The fraction of sp³-hybridized carbons (Fsp3) is 0.600. The lowest BCUT2D eigenvalue weighted by molar-refractivity contribution is 0.0801. The van der Waals surface area contributed by atoms with Crippen molar-refractivity contribution in [2.24, 2.45) is 5.73 Å². The third kappa shape index (κ3) is 3.29. The van der Waals surface area contributed by atoms with Gasteiger partial charge in [0.05, 0.1) is 4.90 Å². The fourth-order valence-corrected chi connectivity index (χ4v) is 4.15. The van der Waals surface area contributed by atoms with E-state index in [0.29, 0.717) is 18.0 Å². The Morgan fingerprint density at radius 3 is 2.52 bits per heavy atom. The van der Waals surface area contributed by atoms with Crippen molar-refractivity contribution in [2.45, 2.75) is 37.2 Å². The van der Waals surface area contributed by atoms with E-state index in [1.165, 1.54) is 0 Å². The number of hydrogen-bond acceptors (Lipinski definition) is 4. The molecule has 0 bridgehead atoms. The smallest absolute Gasteiger partial charge is 0.243 e. The molecular formula is C15H25N3O2S. The van der Waals surface area contributed by atoms with E-state index in [2.05, 4.69) is 18.7 Å². The molecule has 2 N–H and O–H groups in total. The van der Waals surface area contributed by atoms with Gasteiger partial charge in [0.1, 0.15) is 0 Å². The minimum absolute atomic E-state index is 0.163. The van der Waals surface area contributed by atoms with Crippen LogP contribution < -0.4 is 5.73 Å². The van der Waals surface area contributed by atoms with Gasteiger partial charge in [0, 0.05) is 31.2 Å². The van der Waals surface area contributed by atoms with Crippen molar-refractivity contribution in [1.82, 2.24) is 9.21 Å². The van der Waals surface area contributed by atoms with Crippen LogP contribution in [0.5, 0.6) is 0 Å². The van der Waals surface area contributed by atoms with E-state index in [0.717, 1.165) is 12.1 Å². The van der Waals surface area contributed by atoms with Crippen molar-refractivity contribution in [3.63, 3.8) is 0 Å². The zero-order valence-electron chi connectivity index (χ0n) is 13.2. The van der Waals surface area contributed by atoms with Crippen LogP contribution in [0.3, 0.4) is 0 Å². The van der Waals surface area contributed by atoms with Gasteiger partial charge in [-0.05, 0) is 45.5 Å². The first-order chi connectivity index (χ1) is 9.64. The molecule has 1 aliphatic rings. The van der Waals surface area contributed by atoms with Gasteiger partial charge in [-0.25, -0.2) is 8.42 Å². The molecule has 1 aromatic rings. The summed E-state index contributed by atoms with van der Waals surface area (Å²) in [5.74, 6) is 0. The minimum atomic E-state index is -3.46. The lowest BCUT2D eigenvalue weighted by atomic mass is 10.0. The Morgan fingerprint density at radius 1 is 1.29 bits per heavy atom. The Balaban J connectivity index is 2.32. The second kappa shape index (κ2) is 5.68. The van der Waals surface area contributed by atoms with Crippen LogP contribution in [0.25, 0.3) is 0 Å². The van der Waals surface area contributed by atoms with Crippen molar-refractivity contribution >= 4 is 10.0 Å². The third-order valence-electron chi connectivity index (χ3n) is 4.30. The summed E-state index contributed by atoms with van der Waals surface area (Å²) in [5.41, 5.74) is 6.53. The number of nitrogens with two attached hydrogens (primary N) is 1. The molecule has 5 nitrogen and oxygen atoms in total. The quantitative estimate of drug-likeness (QED) is 0.917. The highest BCUT2D eigenvalue weighted by atomic mass is 32.2. The zero-order valence-corrected chi connectivity index (χ0v) is 14.0. The van der Waals surface area contributed by atoms with Gasteiger partial charge in [-0.1, -0.05) is 12.1 Å². The normalized spacial score (nSPS) is 22.1. The van der Waals surface area contributed by atoms with Crippen molar-refractivity contribution in [3.05, 3.63) is 29.8 Å². The molecule has 1 fully saturated rings. The molecule has 0 aliphatic carbocycles. The van der Waals surface area contributed by atoms with Crippen LogP contribution in [0.15, 0.2) is 29.2 Å². The zero-order chi connectivity index (χ0) is 15.8. The monoisotopic (exact) mass is 311 g/mol. The predicted octanol–water partition coefficient (Wildman–Crippen LogP) is 1.42. The lowest BCUT2D eigenvalue weighted by Crippen LogP contribution is -2.58. The van der Waals surface area contributed by atoms with Gasteiger partial charge < -0.3 is 5.73 Å². The number of piperazine rings is 1. The van der Waals surface area contributed by atoms with Crippen molar-refractivity contribution < 1.29 is 8.42 Å². The molecule has 21 heavy (non-hydrogen) atoms. The Bertz CT molecular complexity index is 611. The fourth-order valence-electron chi connectivity index (χ4n) is 2.51. The molecule has 1 aliphatic heterocycles. The maximum atomic E-state index is 12.8. The molecule has 1 atom stereocenters. The van der Waals surface area contributed by atoms with Crippen LogP contribution in [0.4, 0.5) is 0 Å². The van der Waals surface area contributed by atoms with Crippen LogP contribution in [0.1, 0.15) is 32.4 Å². The third-order valence-corrected chi connectivity index (χ3v) is 6.14. The summed E-state index contributed by atoms with van der Waals surface area (Å²) in [4.78, 5) is 2.52.